The Labute approximate surface area is 173 Å². The van der Waals surface area contributed by atoms with Crippen LogP contribution in [0.3, 0.4) is 0 Å². The van der Waals surface area contributed by atoms with Gasteiger partial charge >= 0.3 is 0 Å². The predicted molar refractivity (Wildman–Crippen MR) is 116 cm³/mol. The zero-order valence-corrected chi connectivity index (χ0v) is 17.6. The van der Waals surface area contributed by atoms with E-state index >= 15 is 0 Å². The van der Waals surface area contributed by atoms with E-state index in [4.69, 9.17) is 0 Å². The molecule has 0 bridgehead atoms. The van der Waals surface area contributed by atoms with Crippen LogP contribution in [0.15, 0.2) is 57.1 Å². The first-order valence-corrected chi connectivity index (χ1v) is 11.2. The van der Waals surface area contributed by atoms with Gasteiger partial charge in [-0.3, -0.25) is 19.1 Å². The van der Waals surface area contributed by atoms with Crippen molar-refractivity contribution in [1.29, 1.82) is 0 Å². The van der Waals surface area contributed by atoms with Crippen LogP contribution in [0.25, 0.3) is 10.2 Å². The molecule has 28 heavy (non-hydrogen) atoms. The zero-order chi connectivity index (χ0) is 19.7. The molecule has 142 valence electrons. The number of carbonyl (C=O) groups is 1. The highest BCUT2D eigenvalue weighted by molar-refractivity contribution is 7.98. The number of fused-ring (bicyclic) bond motifs is 1. The Morgan fingerprint density at radius 1 is 1.18 bits per heavy atom. The molecule has 6 nitrogen and oxygen atoms in total. The molecule has 0 N–H and O–H groups in total. The summed E-state index contributed by atoms with van der Waals surface area (Å²) in [5, 5.41) is 5.74. The van der Waals surface area contributed by atoms with E-state index in [9.17, 15) is 9.59 Å². The quantitative estimate of drug-likeness (QED) is 0.347. The standard InChI is InChI=1S/C19H16N4O2S3/c1-12(24)23(14-6-4-3-5-7-14)19-20-13(11-28-19)10-27-18-21-16-15(8-9-26-16)17(25)22(18)2/h3-9,11H,10H2,1-2H3. The molecule has 1 aromatic carbocycles. The minimum absolute atomic E-state index is 0.0421. The normalized spacial score (nSPS) is 11.1. The molecule has 3 aromatic heterocycles. The topological polar surface area (TPSA) is 68.1 Å². The van der Waals surface area contributed by atoms with Crippen molar-refractivity contribution >= 4 is 61.4 Å². The van der Waals surface area contributed by atoms with Crippen molar-refractivity contribution in [2.75, 3.05) is 4.90 Å². The summed E-state index contributed by atoms with van der Waals surface area (Å²) in [5.41, 5.74) is 1.59. The van der Waals surface area contributed by atoms with Gasteiger partial charge in [-0.15, -0.1) is 22.7 Å². The van der Waals surface area contributed by atoms with Crippen LogP contribution in [0, 0.1) is 0 Å². The maximum absolute atomic E-state index is 12.4. The summed E-state index contributed by atoms with van der Waals surface area (Å²) in [6.45, 7) is 1.53. The molecule has 4 aromatic rings. The molecule has 1 amide bonds. The number of carbonyl (C=O) groups excluding carboxylic acids is 1. The summed E-state index contributed by atoms with van der Waals surface area (Å²) < 4.78 is 1.57. The van der Waals surface area contributed by atoms with Crippen molar-refractivity contribution in [3.05, 3.63) is 63.2 Å². The van der Waals surface area contributed by atoms with Crippen molar-refractivity contribution < 1.29 is 4.79 Å². The van der Waals surface area contributed by atoms with Crippen molar-refractivity contribution in [3.63, 3.8) is 0 Å². The highest BCUT2D eigenvalue weighted by Gasteiger charge is 2.18. The summed E-state index contributed by atoms with van der Waals surface area (Å²) in [4.78, 5) is 36.1. The highest BCUT2D eigenvalue weighted by Crippen LogP contribution is 2.31. The number of nitrogens with zero attached hydrogens (tertiary/aromatic N) is 4. The number of para-hydroxylation sites is 1. The summed E-state index contributed by atoms with van der Waals surface area (Å²) in [6.07, 6.45) is 0. The highest BCUT2D eigenvalue weighted by atomic mass is 32.2. The van der Waals surface area contributed by atoms with Crippen LogP contribution in [-0.2, 0) is 17.6 Å². The number of thiophene rings is 1. The Kier molecular flexibility index (Phi) is 5.29. The lowest BCUT2D eigenvalue weighted by Crippen LogP contribution is -2.22. The van der Waals surface area contributed by atoms with E-state index in [1.165, 1.54) is 41.4 Å². The first-order valence-electron chi connectivity index (χ1n) is 8.42. The van der Waals surface area contributed by atoms with Gasteiger partial charge in [0.25, 0.3) is 5.56 Å². The third kappa shape index (κ3) is 3.60. The average molecular weight is 429 g/mol. The van der Waals surface area contributed by atoms with Crippen LogP contribution in [0.5, 0.6) is 0 Å². The fourth-order valence-electron chi connectivity index (χ4n) is 2.72. The summed E-state index contributed by atoms with van der Waals surface area (Å²) in [7, 11) is 1.73. The lowest BCUT2D eigenvalue weighted by atomic mass is 10.3. The molecule has 0 aliphatic carbocycles. The Morgan fingerprint density at radius 2 is 1.96 bits per heavy atom. The Morgan fingerprint density at radius 3 is 2.71 bits per heavy atom. The second kappa shape index (κ2) is 7.86. The molecular formula is C19H16N4O2S3. The monoisotopic (exact) mass is 428 g/mol. The number of thioether (sulfide) groups is 1. The van der Waals surface area contributed by atoms with Crippen molar-refractivity contribution in [3.8, 4) is 0 Å². The van der Waals surface area contributed by atoms with Crippen molar-refractivity contribution in [2.45, 2.75) is 17.8 Å². The number of hydrogen-bond donors (Lipinski definition) is 0. The van der Waals surface area contributed by atoms with Crippen LogP contribution in [-0.4, -0.2) is 20.4 Å². The summed E-state index contributed by atoms with van der Waals surface area (Å²) in [6, 6.07) is 11.3. The minimum Gasteiger partial charge on any atom is -0.290 e. The SMILES string of the molecule is CC(=O)N(c1ccccc1)c1nc(CSc2nc3sccc3c(=O)n2C)cs1. The number of anilines is 2. The summed E-state index contributed by atoms with van der Waals surface area (Å²) in [5.74, 6) is 0.473. The number of thiazole rings is 1. The Hall–Kier alpha value is -2.49. The van der Waals surface area contributed by atoms with Crippen LogP contribution in [0.2, 0.25) is 0 Å². The molecule has 0 aliphatic rings. The molecule has 9 heteroatoms. The van der Waals surface area contributed by atoms with Gasteiger partial charge in [0.05, 0.1) is 16.8 Å². The van der Waals surface area contributed by atoms with E-state index in [1.54, 1.807) is 22.6 Å². The fraction of sp³-hybridized carbons (Fsp3) is 0.158. The van der Waals surface area contributed by atoms with Gasteiger partial charge in [0.2, 0.25) is 5.91 Å². The predicted octanol–water partition coefficient (Wildman–Crippen LogP) is 4.43. The van der Waals surface area contributed by atoms with Crippen molar-refractivity contribution in [2.24, 2.45) is 7.05 Å². The fourth-order valence-corrected chi connectivity index (χ4v) is 5.38. The maximum atomic E-state index is 12.4. The molecule has 0 unspecified atom stereocenters. The van der Waals surface area contributed by atoms with Gasteiger partial charge in [0, 0.05) is 25.1 Å². The van der Waals surface area contributed by atoms with Gasteiger partial charge in [-0.1, -0.05) is 30.0 Å². The van der Waals surface area contributed by atoms with Crippen LogP contribution in [0.4, 0.5) is 10.8 Å². The number of rotatable bonds is 5. The van der Waals surface area contributed by atoms with Crippen LogP contribution < -0.4 is 10.5 Å². The van der Waals surface area contributed by atoms with E-state index in [-0.39, 0.29) is 11.5 Å². The van der Waals surface area contributed by atoms with Crippen LogP contribution >= 0.6 is 34.4 Å². The van der Waals surface area contributed by atoms with Gasteiger partial charge in [0.1, 0.15) is 4.83 Å². The molecule has 0 radical (unpaired) electrons. The number of benzene rings is 1. The molecule has 0 atom stereocenters. The van der Waals surface area contributed by atoms with E-state index in [0.717, 1.165) is 16.2 Å². The third-order valence-electron chi connectivity index (χ3n) is 4.07. The lowest BCUT2D eigenvalue weighted by molar-refractivity contribution is -0.115. The van der Waals surface area contributed by atoms with E-state index in [0.29, 0.717) is 21.4 Å². The molecular weight excluding hydrogens is 412 g/mol. The van der Waals surface area contributed by atoms with Crippen molar-refractivity contribution in [1.82, 2.24) is 14.5 Å². The number of aromatic nitrogens is 3. The molecule has 0 saturated carbocycles. The van der Waals surface area contributed by atoms with Gasteiger partial charge in [-0.2, -0.15) is 0 Å². The summed E-state index contributed by atoms with van der Waals surface area (Å²) >= 11 is 4.34. The lowest BCUT2D eigenvalue weighted by Gasteiger charge is -2.17. The second-order valence-electron chi connectivity index (χ2n) is 6.00. The van der Waals surface area contributed by atoms with E-state index in [1.807, 2.05) is 41.1 Å². The Balaban J connectivity index is 1.56. The molecule has 0 spiro atoms. The molecule has 4 rings (SSSR count). The maximum Gasteiger partial charge on any atom is 0.262 e. The third-order valence-corrected chi connectivity index (χ3v) is 6.82. The largest absolute Gasteiger partial charge is 0.290 e. The van der Waals surface area contributed by atoms with Gasteiger partial charge in [-0.05, 0) is 23.6 Å². The zero-order valence-electron chi connectivity index (χ0n) is 15.2. The molecule has 3 heterocycles. The number of amides is 1. The van der Waals surface area contributed by atoms with Gasteiger partial charge < -0.3 is 0 Å². The number of hydrogen-bond acceptors (Lipinski definition) is 7. The van der Waals surface area contributed by atoms with Gasteiger partial charge in [-0.25, -0.2) is 9.97 Å². The minimum atomic E-state index is -0.0908. The van der Waals surface area contributed by atoms with E-state index in [2.05, 4.69) is 9.97 Å². The molecule has 0 aliphatic heterocycles. The first-order chi connectivity index (χ1) is 13.5. The first kappa shape index (κ1) is 18.9. The van der Waals surface area contributed by atoms with Crippen LogP contribution in [0.1, 0.15) is 12.6 Å². The molecule has 0 fully saturated rings. The molecule has 0 saturated heterocycles. The smallest absolute Gasteiger partial charge is 0.262 e. The van der Waals surface area contributed by atoms with E-state index < -0.39 is 0 Å². The average Bonchev–Trinajstić information content (AvgIpc) is 3.34. The second-order valence-corrected chi connectivity index (χ2v) is 8.67. The Bertz CT molecular complexity index is 1200. The van der Waals surface area contributed by atoms with Gasteiger partial charge in [0.15, 0.2) is 10.3 Å².